The Morgan fingerprint density at radius 3 is 2.33 bits per heavy atom. The third kappa shape index (κ3) is 1.24. The summed E-state index contributed by atoms with van der Waals surface area (Å²) in [6, 6.07) is -0.452. The number of carbonyl (C=O) groups excluding carboxylic acids is 3. The van der Waals surface area contributed by atoms with Crippen molar-refractivity contribution in [1.29, 1.82) is 0 Å². The summed E-state index contributed by atoms with van der Waals surface area (Å²) in [5.41, 5.74) is 0. The quantitative estimate of drug-likeness (QED) is 0.576. The number of hydrogen-bond acceptors (Lipinski definition) is 3. The highest BCUT2D eigenvalue weighted by molar-refractivity contribution is 6.23. The molecule has 1 amide bonds. The molecule has 0 aromatic heterocycles. The fourth-order valence-corrected chi connectivity index (χ4v) is 1.34. The summed E-state index contributed by atoms with van der Waals surface area (Å²) >= 11 is 0. The molecule has 1 N–H and O–H groups in total. The smallest absolute Gasteiger partial charge is 0.238 e. The first-order chi connectivity index (χ1) is 5.57. The predicted octanol–water partition coefficient (Wildman–Crippen LogP) is -0.331. The number of ketones is 2. The topological polar surface area (TPSA) is 63.2 Å². The average Bonchev–Trinajstić information content (AvgIpc) is 2.25. The van der Waals surface area contributed by atoms with E-state index >= 15 is 0 Å². The monoisotopic (exact) mass is 169 g/mol. The van der Waals surface area contributed by atoms with E-state index in [1.807, 2.05) is 0 Å². The minimum Gasteiger partial charge on any atom is -0.345 e. The van der Waals surface area contributed by atoms with Crippen molar-refractivity contribution in [2.45, 2.75) is 26.3 Å². The molecular weight excluding hydrogens is 158 g/mol. The van der Waals surface area contributed by atoms with Gasteiger partial charge in [0.1, 0.15) is 5.78 Å². The van der Waals surface area contributed by atoms with Gasteiger partial charge >= 0.3 is 0 Å². The van der Waals surface area contributed by atoms with E-state index in [1.54, 1.807) is 6.92 Å². The number of hydrogen-bond donors (Lipinski definition) is 1. The molecule has 1 saturated heterocycles. The van der Waals surface area contributed by atoms with Gasteiger partial charge in [-0.1, -0.05) is 6.92 Å². The highest BCUT2D eigenvalue weighted by Gasteiger charge is 2.42. The van der Waals surface area contributed by atoms with Gasteiger partial charge in [0.2, 0.25) is 5.91 Å². The van der Waals surface area contributed by atoms with E-state index in [-0.39, 0.29) is 11.6 Å². The Kier molecular flexibility index (Phi) is 2.26. The van der Waals surface area contributed by atoms with Crippen LogP contribution in [-0.4, -0.2) is 23.5 Å². The number of rotatable bonds is 2. The Labute approximate surface area is 70.3 Å². The minimum absolute atomic E-state index is 0.282. The summed E-state index contributed by atoms with van der Waals surface area (Å²) < 4.78 is 0. The summed E-state index contributed by atoms with van der Waals surface area (Å²) in [6.45, 7) is 3.06. The van der Waals surface area contributed by atoms with Crippen LogP contribution in [0, 0.1) is 5.92 Å². The Hall–Kier alpha value is -1.19. The molecular formula is C8H11NO3. The first-order valence-corrected chi connectivity index (χ1v) is 3.92. The van der Waals surface area contributed by atoms with Gasteiger partial charge < -0.3 is 5.32 Å². The molecule has 0 aromatic carbocycles. The molecule has 2 unspecified atom stereocenters. The van der Waals surface area contributed by atoms with Crippen molar-refractivity contribution in [3.05, 3.63) is 0 Å². The van der Waals surface area contributed by atoms with Crippen LogP contribution in [0.1, 0.15) is 20.3 Å². The van der Waals surface area contributed by atoms with Crippen molar-refractivity contribution in [1.82, 2.24) is 5.32 Å². The van der Waals surface area contributed by atoms with Crippen LogP contribution in [0.4, 0.5) is 0 Å². The largest absolute Gasteiger partial charge is 0.345 e. The molecule has 1 fully saturated rings. The zero-order valence-electron chi connectivity index (χ0n) is 7.09. The molecule has 0 aromatic rings. The molecule has 66 valence electrons. The molecule has 0 aliphatic carbocycles. The van der Waals surface area contributed by atoms with E-state index < -0.39 is 17.9 Å². The highest BCUT2D eigenvalue weighted by atomic mass is 16.2. The molecule has 0 bridgehead atoms. The lowest BCUT2D eigenvalue weighted by atomic mass is 9.98. The van der Waals surface area contributed by atoms with Gasteiger partial charge in [0.25, 0.3) is 0 Å². The van der Waals surface area contributed by atoms with Crippen molar-refractivity contribution in [3.63, 3.8) is 0 Å². The van der Waals surface area contributed by atoms with Crippen molar-refractivity contribution >= 4 is 17.5 Å². The summed E-state index contributed by atoms with van der Waals surface area (Å²) in [6.07, 6.45) is 0.550. The molecule has 0 saturated carbocycles. The van der Waals surface area contributed by atoms with Gasteiger partial charge in [-0.15, -0.1) is 0 Å². The second-order valence-electron chi connectivity index (χ2n) is 2.92. The van der Waals surface area contributed by atoms with E-state index in [2.05, 4.69) is 5.32 Å². The Morgan fingerprint density at radius 1 is 1.50 bits per heavy atom. The number of carbonyl (C=O) groups is 3. The van der Waals surface area contributed by atoms with Crippen molar-refractivity contribution < 1.29 is 14.4 Å². The molecule has 1 aliphatic rings. The maximum absolute atomic E-state index is 11.3. The average molecular weight is 169 g/mol. The normalized spacial score (nSPS) is 28.8. The van der Waals surface area contributed by atoms with Crippen LogP contribution in [0.3, 0.4) is 0 Å². The standard InChI is InChI=1S/C8H11NO3/c1-3-5-7(11)6(4(2)10)8(12)9-5/h5-6H,3H2,1-2H3,(H,9,12). The van der Waals surface area contributed by atoms with Gasteiger partial charge in [0.05, 0.1) is 6.04 Å². The Bertz CT molecular complexity index is 247. The van der Waals surface area contributed by atoms with Crippen molar-refractivity contribution in [3.8, 4) is 0 Å². The van der Waals surface area contributed by atoms with Crippen LogP contribution in [0.15, 0.2) is 0 Å². The number of Topliss-reactive ketones (excluding diaryl/α,β-unsaturated/α-hetero) is 2. The summed E-state index contributed by atoms with van der Waals surface area (Å²) in [7, 11) is 0. The second-order valence-corrected chi connectivity index (χ2v) is 2.92. The van der Waals surface area contributed by atoms with E-state index in [4.69, 9.17) is 0 Å². The zero-order chi connectivity index (χ0) is 9.30. The molecule has 1 aliphatic heterocycles. The van der Waals surface area contributed by atoms with Gasteiger partial charge in [-0.05, 0) is 13.3 Å². The maximum atomic E-state index is 11.3. The van der Waals surface area contributed by atoms with Gasteiger partial charge in [-0.3, -0.25) is 14.4 Å². The predicted molar refractivity (Wildman–Crippen MR) is 41.4 cm³/mol. The second kappa shape index (κ2) is 3.05. The lowest BCUT2D eigenvalue weighted by Gasteiger charge is -2.02. The van der Waals surface area contributed by atoms with Crippen LogP contribution in [0.5, 0.6) is 0 Å². The van der Waals surface area contributed by atoms with Gasteiger partial charge in [-0.25, -0.2) is 0 Å². The zero-order valence-corrected chi connectivity index (χ0v) is 7.09. The van der Waals surface area contributed by atoms with Crippen molar-refractivity contribution in [2.75, 3.05) is 0 Å². The Balaban J connectivity index is 2.84. The molecule has 4 nitrogen and oxygen atoms in total. The fourth-order valence-electron chi connectivity index (χ4n) is 1.34. The molecule has 1 heterocycles. The van der Waals surface area contributed by atoms with Crippen LogP contribution >= 0.6 is 0 Å². The molecule has 2 atom stereocenters. The number of amides is 1. The Morgan fingerprint density at radius 2 is 2.08 bits per heavy atom. The highest BCUT2D eigenvalue weighted by Crippen LogP contribution is 2.14. The minimum atomic E-state index is -1.05. The molecule has 4 heteroatoms. The van der Waals surface area contributed by atoms with Gasteiger partial charge in [0.15, 0.2) is 11.7 Å². The molecule has 0 radical (unpaired) electrons. The summed E-state index contributed by atoms with van der Waals surface area (Å²) in [5.74, 6) is -2.14. The first-order valence-electron chi connectivity index (χ1n) is 3.92. The number of nitrogens with one attached hydrogen (secondary N) is 1. The fraction of sp³-hybridized carbons (Fsp3) is 0.625. The van der Waals surface area contributed by atoms with Gasteiger partial charge in [-0.2, -0.15) is 0 Å². The van der Waals surface area contributed by atoms with Gasteiger partial charge in [0, 0.05) is 0 Å². The molecule has 12 heavy (non-hydrogen) atoms. The van der Waals surface area contributed by atoms with Crippen LogP contribution < -0.4 is 5.32 Å². The third-order valence-corrected chi connectivity index (χ3v) is 2.02. The van der Waals surface area contributed by atoms with E-state index in [1.165, 1.54) is 6.92 Å². The lowest BCUT2D eigenvalue weighted by Crippen LogP contribution is -2.27. The summed E-state index contributed by atoms with van der Waals surface area (Å²) in [4.78, 5) is 33.2. The maximum Gasteiger partial charge on any atom is 0.238 e. The van der Waals surface area contributed by atoms with E-state index in [0.29, 0.717) is 6.42 Å². The van der Waals surface area contributed by atoms with E-state index in [0.717, 1.165) is 0 Å². The molecule has 0 spiro atoms. The SMILES string of the molecule is CCC1NC(=O)C(C(C)=O)C1=O. The molecule has 1 rings (SSSR count). The van der Waals surface area contributed by atoms with Crippen LogP contribution in [0.2, 0.25) is 0 Å². The van der Waals surface area contributed by atoms with Crippen LogP contribution in [-0.2, 0) is 14.4 Å². The lowest BCUT2D eigenvalue weighted by molar-refractivity contribution is -0.135. The van der Waals surface area contributed by atoms with E-state index in [9.17, 15) is 14.4 Å². The van der Waals surface area contributed by atoms with Crippen LogP contribution in [0.25, 0.3) is 0 Å². The first kappa shape index (κ1) is 8.90. The van der Waals surface area contributed by atoms with Crippen molar-refractivity contribution in [2.24, 2.45) is 5.92 Å². The third-order valence-electron chi connectivity index (χ3n) is 2.02. The summed E-state index contributed by atoms with van der Waals surface area (Å²) in [5, 5.41) is 2.48.